The summed E-state index contributed by atoms with van der Waals surface area (Å²) in [5.41, 5.74) is 5.76. The van der Waals surface area contributed by atoms with Crippen molar-refractivity contribution in [2.75, 3.05) is 19.6 Å². The zero-order valence-corrected chi connectivity index (χ0v) is 13.4. The fourth-order valence-corrected chi connectivity index (χ4v) is 3.21. The average Bonchev–Trinajstić information content (AvgIpc) is 2.35. The lowest BCUT2D eigenvalue weighted by molar-refractivity contribution is 0.00917. The lowest BCUT2D eigenvalue weighted by Crippen LogP contribution is -2.56. The monoisotopic (exact) mass is 270 g/mol. The SMILES string of the molecule is CCCN(CCC(C)(C)O)C1(CN)CCC(C)CC1. The fourth-order valence-electron chi connectivity index (χ4n) is 3.21. The van der Waals surface area contributed by atoms with Crippen LogP contribution in [0, 0.1) is 5.92 Å². The van der Waals surface area contributed by atoms with Crippen molar-refractivity contribution in [3.8, 4) is 0 Å². The van der Waals surface area contributed by atoms with Crippen LogP contribution in [-0.2, 0) is 0 Å². The van der Waals surface area contributed by atoms with Crippen LogP contribution >= 0.6 is 0 Å². The molecule has 19 heavy (non-hydrogen) atoms. The number of hydrogen-bond donors (Lipinski definition) is 2. The maximum Gasteiger partial charge on any atom is 0.0603 e. The van der Waals surface area contributed by atoms with Gasteiger partial charge in [0.1, 0.15) is 0 Å². The van der Waals surface area contributed by atoms with E-state index in [1.54, 1.807) is 0 Å². The lowest BCUT2D eigenvalue weighted by Gasteiger charge is -2.48. The van der Waals surface area contributed by atoms with Crippen LogP contribution in [0.25, 0.3) is 0 Å². The van der Waals surface area contributed by atoms with E-state index in [0.717, 1.165) is 38.4 Å². The molecule has 0 aromatic rings. The minimum absolute atomic E-state index is 0.188. The molecule has 3 heteroatoms. The molecule has 1 saturated carbocycles. The Morgan fingerprint density at radius 1 is 1.26 bits per heavy atom. The molecular formula is C16H34N2O. The lowest BCUT2D eigenvalue weighted by atomic mass is 9.75. The van der Waals surface area contributed by atoms with E-state index in [1.807, 2.05) is 13.8 Å². The quantitative estimate of drug-likeness (QED) is 0.748. The van der Waals surface area contributed by atoms with Gasteiger partial charge in [-0.25, -0.2) is 0 Å². The first kappa shape index (κ1) is 16.9. The minimum atomic E-state index is -0.580. The Bertz CT molecular complexity index is 252. The molecule has 0 aromatic heterocycles. The van der Waals surface area contributed by atoms with E-state index in [-0.39, 0.29) is 5.54 Å². The Balaban J connectivity index is 2.70. The maximum absolute atomic E-state index is 9.97. The molecular weight excluding hydrogens is 236 g/mol. The molecule has 0 radical (unpaired) electrons. The molecule has 114 valence electrons. The summed E-state index contributed by atoms with van der Waals surface area (Å²) in [6.45, 7) is 11.2. The average molecular weight is 270 g/mol. The van der Waals surface area contributed by atoms with Gasteiger partial charge < -0.3 is 10.8 Å². The number of rotatable bonds is 7. The normalized spacial score (nSPS) is 28.9. The summed E-state index contributed by atoms with van der Waals surface area (Å²) < 4.78 is 0. The van der Waals surface area contributed by atoms with Crippen LogP contribution in [0.15, 0.2) is 0 Å². The zero-order valence-electron chi connectivity index (χ0n) is 13.4. The maximum atomic E-state index is 9.97. The molecule has 1 aliphatic carbocycles. The van der Waals surface area contributed by atoms with Gasteiger partial charge in [-0.3, -0.25) is 4.90 Å². The zero-order chi connectivity index (χ0) is 14.5. The first-order chi connectivity index (χ1) is 8.83. The summed E-state index contributed by atoms with van der Waals surface area (Å²) >= 11 is 0. The Kier molecular flexibility index (Phi) is 6.28. The van der Waals surface area contributed by atoms with Gasteiger partial charge in [0.15, 0.2) is 0 Å². The van der Waals surface area contributed by atoms with Gasteiger partial charge in [-0.05, 0) is 64.8 Å². The van der Waals surface area contributed by atoms with Crippen LogP contribution in [0.4, 0.5) is 0 Å². The van der Waals surface area contributed by atoms with E-state index >= 15 is 0 Å². The van der Waals surface area contributed by atoms with Gasteiger partial charge in [0.25, 0.3) is 0 Å². The predicted molar refractivity (Wildman–Crippen MR) is 82.2 cm³/mol. The van der Waals surface area contributed by atoms with Crippen LogP contribution in [0.5, 0.6) is 0 Å². The highest BCUT2D eigenvalue weighted by Gasteiger charge is 2.38. The Hall–Kier alpha value is -0.120. The molecule has 1 rings (SSSR count). The van der Waals surface area contributed by atoms with Gasteiger partial charge in [-0.1, -0.05) is 13.8 Å². The van der Waals surface area contributed by atoms with Crippen molar-refractivity contribution in [2.45, 2.75) is 77.4 Å². The summed E-state index contributed by atoms with van der Waals surface area (Å²) in [6, 6.07) is 0. The smallest absolute Gasteiger partial charge is 0.0603 e. The van der Waals surface area contributed by atoms with E-state index in [2.05, 4.69) is 18.7 Å². The van der Waals surface area contributed by atoms with Crippen LogP contribution < -0.4 is 5.73 Å². The van der Waals surface area contributed by atoms with Crippen LogP contribution in [0.3, 0.4) is 0 Å². The van der Waals surface area contributed by atoms with Crippen molar-refractivity contribution in [2.24, 2.45) is 11.7 Å². The van der Waals surface area contributed by atoms with Crippen molar-refractivity contribution in [3.63, 3.8) is 0 Å². The van der Waals surface area contributed by atoms with E-state index in [9.17, 15) is 5.11 Å². The Morgan fingerprint density at radius 3 is 2.26 bits per heavy atom. The van der Waals surface area contributed by atoms with Gasteiger partial charge in [0.2, 0.25) is 0 Å². The molecule has 0 unspecified atom stereocenters. The van der Waals surface area contributed by atoms with Gasteiger partial charge >= 0.3 is 0 Å². The Morgan fingerprint density at radius 2 is 1.84 bits per heavy atom. The molecule has 0 saturated heterocycles. The summed E-state index contributed by atoms with van der Waals surface area (Å²) in [5, 5.41) is 9.97. The van der Waals surface area contributed by atoms with E-state index in [0.29, 0.717) is 0 Å². The van der Waals surface area contributed by atoms with Crippen molar-refractivity contribution in [1.82, 2.24) is 4.90 Å². The highest BCUT2D eigenvalue weighted by Crippen LogP contribution is 2.36. The van der Waals surface area contributed by atoms with Gasteiger partial charge in [-0.2, -0.15) is 0 Å². The van der Waals surface area contributed by atoms with Crippen molar-refractivity contribution >= 4 is 0 Å². The van der Waals surface area contributed by atoms with Crippen molar-refractivity contribution in [3.05, 3.63) is 0 Å². The molecule has 1 fully saturated rings. The first-order valence-electron chi connectivity index (χ1n) is 8.00. The van der Waals surface area contributed by atoms with E-state index in [4.69, 9.17) is 5.73 Å². The predicted octanol–water partition coefficient (Wildman–Crippen LogP) is 2.77. The summed E-state index contributed by atoms with van der Waals surface area (Å²) in [6.07, 6.45) is 7.00. The number of hydrogen-bond acceptors (Lipinski definition) is 3. The molecule has 0 amide bonds. The summed E-state index contributed by atoms with van der Waals surface area (Å²) in [4.78, 5) is 2.57. The van der Waals surface area contributed by atoms with Crippen LogP contribution in [0.2, 0.25) is 0 Å². The van der Waals surface area contributed by atoms with Crippen LogP contribution in [-0.4, -0.2) is 40.8 Å². The second kappa shape index (κ2) is 7.05. The molecule has 0 aromatic carbocycles. The molecule has 1 aliphatic rings. The molecule has 3 nitrogen and oxygen atoms in total. The van der Waals surface area contributed by atoms with Crippen LogP contribution in [0.1, 0.15) is 66.2 Å². The molecule has 0 bridgehead atoms. The molecule has 0 aliphatic heterocycles. The largest absolute Gasteiger partial charge is 0.390 e. The minimum Gasteiger partial charge on any atom is -0.390 e. The molecule has 3 N–H and O–H groups in total. The third kappa shape index (κ3) is 5.05. The summed E-state index contributed by atoms with van der Waals surface area (Å²) in [7, 11) is 0. The fraction of sp³-hybridized carbons (Fsp3) is 1.00. The number of nitrogens with two attached hydrogens (primary N) is 1. The topological polar surface area (TPSA) is 49.5 Å². The third-order valence-electron chi connectivity index (χ3n) is 4.74. The number of aliphatic hydroxyl groups is 1. The number of nitrogens with zero attached hydrogens (tertiary/aromatic N) is 1. The van der Waals surface area contributed by atoms with Crippen molar-refractivity contribution in [1.29, 1.82) is 0 Å². The third-order valence-corrected chi connectivity index (χ3v) is 4.74. The standard InChI is InChI=1S/C16H34N2O/c1-5-11-18(12-10-15(3,4)19)16(13-17)8-6-14(2)7-9-16/h14,19H,5-13,17H2,1-4H3. The molecule has 0 spiro atoms. The highest BCUT2D eigenvalue weighted by molar-refractivity contribution is 4.95. The second-order valence-corrected chi connectivity index (χ2v) is 7.16. The van der Waals surface area contributed by atoms with Gasteiger partial charge in [-0.15, -0.1) is 0 Å². The highest BCUT2D eigenvalue weighted by atomic mass is 16.3. The molecule has 0 atom stereocenters. The second-order valence-electron chi connectivity index (χ2n) is 7.16. The summed E-state index contributed by atoms with van der Waals surface area (Å²) in [5.74, 6) is 0.845. The molecule has 0 heterocycles. The first-order valence-corrected chi connectivity index (χ1v) is 8.00. The van der Waals surface area contributed by atoms with Gasteiger partial charge in [0.05, 0.1) is 5.60 Å². The van der Waals surface area contributed by atoms with E-state index in [1.165, 1.54) is 25.7 Å². The van der Waals surface area contributed by atoms with Gasteiger partial charge in [0, 0.05) is 18.6 Å². The Labute approximate surface area is 119 Å². The van der Waals surface area contributed by atoms with E-state index < -0.39 is 5.60 Å². The van der Waals surface area contributed by atoms with Crippen molar-refractivity contribution < 1.29 is 5.11 Å².